The number of hydrogen-bond donors (Lipinski definition) is 1. The first kappa shape index (κ1) is 15.4. The summed E-state index contributed by atoms with van der Waals surface area (Å²) in [5.41, 5.74) is -0.836. The first-order valence-corrected chi connectivity index (χ1v) is 5.26. The van der Waals surface area contributed by atoms with Gasteiger partial charge >= 0.3 is 6.18 Å². The lowest BCUT2D eigenvalue weighted by Gasteiger charge is -2.07. The van der Waals surface area contributed by atoms with Crippen LogP contribution in [0.1, 0.15) is 32.8 Å². The summed E-state index contributed by atoms with van der Waals surface area (Å²) in [4.78, 5) is 14.4. The Bertz CT molecular complexity index is 347. The molecular weight excluding hydrogens is 233 g/mol. The van der Waals surface area contributed by atoms with Crippen LogP contribution in [0.15, 0.2) is 18.3 Å². The molecule has 0 spiro atoms. The van der Waals surface area contributed by atoms with E-state index in [-0.39, 0.29) is 18.1 Å². The summed E-state index contributed by atoms with van der Waals surface area (Å²) in [6, 6.07) is 1.99. The molecule has 17 heavy (non-hydrogen) atoms. The van der Waals surface area contributed by atoms with E-state index < -0.39 is 11.7 Å². The molecule has 1 N–H and O–H groups in total. The smallest absolute Gasteiger partial charge is 0.311 e. The molecule has 0 unspecified atom stereocenters. The monoisotopic (exact) mass is 248 g/mol. The summed E-state index contributed by atoms with van der Waals surface area (Å²) < 4.78 is 36.4. The predicted molar refractivity (Wildman–Crippen MR) is 59.5 cm³/mol. The fraction of sp³-hybridized carbons (Fsp3) is 0.455. The summed E-state index contributed by atoms with van der Waals surface area (Å²) in [6.45, 7) is 5.64. The second kappa shape index (κ2) is 6.88. The van der Waals surface area contributed by atoms with Crippen molar-refractivity contribution in [2.24, 2.45) is 0 Å². The molecule has 96 valence electrons. The molecule has 0 saturated heterocycles. The van der Waals surface area contributed by atoms with Crippen LogP contribution in [0, 0.1) is 0 Å². The van der Waals surface area contributed by atoms with E-state index in [4.69, 9.17) is 0 Å². The van der Waals surface area contributed by atoms with Gasteiger partial charge < -0.3 is 5.32 Å². The van der Waals surface area contributed by atoms with Gasteiger partial charge in [0.05, 0.1) is 5.56 Å². The fourth-order valence-electron chi connectivity index (χ4n) is 0.867. The molecule has 1 aromatic rings. The van der Waals surface area contributed by atoms with Crippen LogP contribution < -0.4 is 5.32 Å². The van der Waals surface area contributed by atoms with Crippen LogP contribution in [0.4, 0.5) is 19.0 Å². The maximum Gasteiger partial charge on any atom is 0.417 e. The molecule has 1 aromatic heterocycles. The summed E-state index contributed by atoms with van der Waals surface area (Å²) in [5.74, 6) is -0.169. The van der Waals surface area contributed by atoms with Gasteiger partial charge in [0.2, 0.25) is 5.91 Å². The number of pyridine rings is 1. The van der Waals surface area contributed by atoms with Gasteiger partial charge in [-0.2, -0.15) is 13.2 Å². The number of anilines is 1. The zero-order valence-electron chi connectivity index (χ0n) is 9.93. The van der Waals surface area contributed by atoms with Crippen LogP contribution in [0.25, 0.3) is 0 Å². The molecule has 1 amide bonds. The highest BCUT2D eigenvalue weighted by molar-refractivity contribution is 5.89. The van der Waals surface area contributed by atoms with Crippen molar-refractivity contribution in [1.29, 1.82) is 0 Å². The number of aromatic nitrogens is 1. The lowest BCUT2D eigenvalue weighted by atomic mass is 10.3. The van der Waals surface area contributed by atoms with Crippen molar-refractivity contribution in [3.8, 4) is 0 Å². The van der Waals surface area contributed by atoms with E-state index in [0.717, 1.165) is 12.1 Å². The van der Waals surface area contributed by atoms with Gasteiger partial charge in [-0.15, -0.1) is 0 Å². The van der Waals surface area contributed by atoms with Gasteiger partial charge in [0.15, 0.2) is 0 Å². The summed E-state index contributed by atoms with van der Waals surface area (Å²) in [5, 5.41) is 2.35. The largest absolute Gasteiger partial charge is 0.417 e. The standard InChI is InChI=1S/C9H9F3N2O.C2H6/c1-2-8(15)14-7-4-3-6(5-13-7)9(10,11)12;1-2/h3-5H,2H2,1H3,(H,13,14,15);1-2H3. The number of carbonyl (C=O) groups is 1. The molecule has 3 nitrogen and oxygen atoms in total. The van der Waals surface area contributed by atoms with Crippen molar-refractivity contribution in [2.75, 3.05) is 5.32 Å². The Balaban J connectivity index is 0.00000121. The summed E-state index contributed by atoms with van der Waals surface area (Å²) in [6.07, 6.45) is -3.46. The van der Waals surface area contributed by atoms with Crippen molar-refractivity contribution in [3.63, 3.8) is 0 Å². The fourth-order valence-corrected chi connectivity index (χ4v) is 0.867. The molecular formula is C11H15F3N2O. The first-order chi connectivity index (χ1) is 7.93. The number of nitrogens with zero attached hydrogens (tertiary/aromatic N) is 1. The first-order valence-electron chi connectivity index (χ1n) is 5.26. The van der Waals surface area contributed by atoms with Crippen LogP contribution in [-0.2, 0) is 11.0 Å². The summed E-state index contributed by atoms with van der Waals surface area (Å²) in [7, 11) is 0. The van der Waals surface area contributed by atoms with Crippen molar-refractivity contribution < 1.29 is 18.0 Å². The molecule has 1 rings (SSSR count). The Morgan fingerprint density at radius 1 is 1.35 bits per heavy atom. The van der Waals surface area contributed by atoms with Gasteiger partial charge in [-0.05, 0) is 12.1 Å². The van der Waals surface area contributed by atoms with Crippen LogP contribution in [0.2, 0.25) is 0 Å². The lowest BCUT2D eigenvalue weighted by Crippen LogP contribution is -2.12. The van der Waals surface area contributed by atoms with E-state index in [9.17, 15) is 18.0 Å². The van der Waals surface area contributed by atoms with Crippen molar-refractivity contribution in [1.82, 2.24) is 4.98 Å². The number of amides is 1. The minimum absolute atomic E-state index is 0.120. The van der Waals surface area contributed by atoms with Crippen molar-refractivity contribution in [2.45, 2.75) is 33.4 Å². The SMILES string of the molecule is CC.CCC(=O)Nc1ccc(C(F)(F)F)cn1. The molecule has 0 bridgehead atoms. The van der Waals surface area contributed by atoms with E-state index in [0.29, 0.717) is 6.20 Å². The molecule has 0 radical (unpaired) electrons. The molecule has 0 aromatic carbocycles. The third-order valence-electron chi connectivity index (χ3n) is 1.68. The van der Waals surface area contributed by atoms with Gasteiger partial charge in [0, 0.05) is 12.6 Å². The van der Waals surface area contributed by atoms with Crippen LogP contribution >= 0.6 is 0 Å². The molecule has 1 heterocycles. The second-order valence-electron chi connectivity index (χ2n) is 2.83. The number of halogens is 3. The molecule has 0 atom stereocenters. The Morgan fingerprint density at radius 2 is 1.94 bits per heavy atom. The van der Waals surface area contributed by atoms with Crippen LogP contribution in [-0.4, -0.2) is 10.9 Å². The predicted octanol–water partition coefficient (Wildman–Crippen LogP) is 3.48. The van der Waals surface area contributed by atoms with Gasteiger partial charge in [-0.3, -0.25) is 4.79 Å². The van der Waals surface area contributed by atoms with Gasteiger partial charge in [-0.25, -0.2) is 4.98 Å². The van der Waals surface area contributed by atoms with E-state index in [1.807, 2.05) is 13.8 Å². The number of nitrogens with one attached hydrogen (secondary N) is 1. The molecule has 0 aliphatic rings. The Hall–Kier alpha value is -1.59. The quantitative estimate of drug-likeness (QED) is 0.870. The highest BCUT2D eigenvalue weighted by atomic mass is 19.4. The van der Waals surface area contributed by atoms with Gasteiger partial charge in [0.1, 0.15) is 5.82 Å². The minimum Gasteiger partial charge on any atom is -0.311 e. The van der Waals surface area contributed by atoms with Gasteiger partial charge in [0.25, 0.3) is 0 Å². The highest BCUT2D eigenvalue weighted by Crippen LogP contribution is 2.28. The van der Waals surface area contributed by atoms with Crippen LogP contribution in [0.3, 0.4) is 0 Å². The van der Waals surface area contributed by atoms with E-state index in [1.54, 1.807) is 6.92 Å². The normalized spacial score (nSPS) is 10.2. The average Bonchev–Trinajstić information content (AvgIpc) is 2.31. The highest BCUT2D eigenvalue weighted by Gasteiger charge is 2.30. The Kier molecular flexibility index (Phi) is 6.23. The summed E-state index contributed by atoms with van der Waals surface area (Å²) >= 11 is 0. The number of alkyl halides is 3. The molecule has 0 aliphatic heterocycles. The van der Waals surface area contributed by atoms with Crippen LogP contribution in [0.5, 0.6) is 0 Å². The third kappa shape index (κ3) is 5.33. The topological polar surface area (TPSA) is 42.0 Å². The van der Waals surface area contributed by atoms with E-state index in [2.05, 4.69) is 10.3 Å². The van der Waals surface area contributed by atoms with E-state index in [1.165, 1.54) is 0 Å². The third-order valence-corrected chi connectivity index (χ3v) is 1.68. The minimum atomic E-state index is -4.40. The zero-order valence-corrected chi connectivity index (χ0v) is 9.93. The van der Waals surface area contributed by atoms with Gasteiger partial charge in [-0.1, -0.05) is 20.8 Å². The number of hydrogen-bond acceptors (Lipinski definition) is 2. The lowest BCUT2D eigenvalue weighted by molar-refractivity contribution is -0.137. The Morgan fingerprint density at radius 3 is 2.29 bits per heavy atom. The average molecular weight is 248 g/mol. The second-order valence-corrected chi connectivity index (χ2v) is 2.83. The molecule has 0 aliphatic carbocycles. The van der Waals surface area contributed by atoms with Crippen molar-refractivity contribution in [3.05, 3.63) is 23.9 Å². The molecule has 0 saturated carbocycles. The Labute approximate surface area is 98.1 Å². The maximum atomic E-state index is 12.1. The molecule has 6 heteroatoms. The molecule has 0 fully saturated rings. The number of rotatable bonds is 2. The maximum absolute atomic E-state index is 12.1. The number of carbonyl (C=O) groups excluding carboxylic acids is 1. The van der Waals surface area contributed by atoms with Crippen molar-refractivity contribution >= 4 is 11.7 Å². The van der Waals surface area contributed by atoms with E-state index >= 15 is 0 Å². The zero-order chi connectivity index (χ0) is 13.5.